The zero-order valence-corrected chi connectivity index (χ0v) is 30.8. The largest absolute Gasteiger partial charge is 0.300 e. The van der Waals surface area contributed by atoms with Crippen LogP contribution in [0.1, 0.15) is 252 Å². The maximum Gasteiger partial charge on any atom is 0.132 e. The molecule has 0 aromatic heterocycles. The van der Waals surface area contributed by atoms with Gasteiger partial charge in [-0.05, 0) is 24.7 Å². The fraction of sp³-hybridized carbons (Fsp3) is 0.976. The van der Waals surface area contributed by atoms with E-state index >= 15 is 0 Å². The Morgan fingerprint density at radius 1 is 0.349 bits per heavy atom. The lowest BCUT2D eigenvalue weighted by Gasteiger charge is -2.17. The average molecular weight is 605 g/mol. The van der Waals surface area contributed by atoms with Crippen molar-refractivity contribution in [2.75, 3.05) is 0 Å². The Bertz CT molecular complexity index is 509. The fourth-order valence-corrected chi connectivity index (χ4v) is 7.03. The van der Waals surface area contributed by atoms with Crippen molar-refractivity contribution in [2.24, 2.45) is 11.8 Å². The molecule has 0 aromatic carbocycles. The van der Waals surface area contributed by atoms with Gasteiger partial charge in [-0.15, -0.1) is 0 Å². The molecule has 0 spiro atoms. The summed E-state index contributed by atoms with van der Waals surface area (Å²) in [7, 11) is 0. The van der Waals surface area contributed by atoms with Gasteiger partial charge >= 0.3 is 0 Å². The summed E-state index contributed by atoms with van der Waals surface area (Å²) in [6, 6.07) is 0. The molecule has 0 aliphatic heterocycles. The van der Waals surface area contributed by atoms with Crippen molar-refractivity contribution in [3.8, 4) is 0 Å². The Morgan fingerprint density at radius 2 is 0.605 bits per heavy atom. The number of unbranched alkanes of at least 4 members (excludes halogenated alkanes) is 23. The SMILES string of the molecule is CCCCCCCCC(C)CCCCCCCC(=O)CCCCCCCC(CCCCCCCC)CCCCCCCC. The van der Waals surface area contributed by atoms with Gasteiger partial charge in [0.25, 0.3) is 0 Å². The Balaban J connectivity index is 3.70. The summed E-state index contributed by atoms with van der Waals surface area (Å²) in [4.78, 5) is 12.3. The van der Waals surface area contributed by atoms with E-state index in [2.05, 4.69) is 27.7 Å². The highest BCUT2D eigenvalue weighted by atomic mass is 16.1. The Hall–Kier alpha value is -0.330. The summed E-state index contributed by atoms with van der Waals surface area (Å²) < 4.78 is 0. The first-order valence-corrected chi connectivity index (χ1v) is 20.7. The normalized spacial score (nSPS) is 12.4. The molecule has 0 bridgehead atoms. The van der Waals surface area contributed by atoms with Crippen molar-refractivity contribution >= 4 is 5.78 Å². The molecule has 0 saturated heterocycles. The molecule has 0 heterocycles. The number of Topliss-reactive ketones (excluding diaryl/α,β-unsaturated/α-hetero) is 1. The van der Waals surface area contributed by atoms with E-state index in [-0.39, 0.29) is 0 Å². The predicted octanol–water partition coefficient (Wildman–Crippen LogP) is 15.5. The highest BCUT2D eigenvalue weighted by Gasteiger charge is 2.09. The summed E-state index contributed by atoms with van der Waals surface area (Å²) in [6.45, 7) is 9.38. The van der Waals surface area contributed by atoms with E-state index in [0.717, 1.165) is 37.5 Å². The molecular formula is C42H84O. The lowest BCUT2D eigenvalue weighted by Crippen LogP contribution is -2.02. The van der Waals surface area contributed by atoms with Crippen LogP contribution in [0, 0.1) is 11.8 Å². The van der Waals surface area contributed by atoms with Crippen LogP contribution in [0.2, 0.25) is 0 Å². The molecule has 0 radical (unpaired) electrons. The molecule has 0 rings (SSSR count). The lowest BCUT2D eigenvalue weighted by atomic mass is 9.89. The second-order valence-corrected chi connectivity index (χ2v) is 14.8. The van der Waals surface area contributed by atoms with E-state index in [1.807, 2.05) is 0 Å². The Kier molecular flexibility index (Phi) is 35.9. The van der Waals surface area contributed by atoms with Gasteiger partial charge in [-0.2, -0.15) is 0 Å². The molecule has 258 valence electrons. The standard InChI is InChI=1S/C42H84O/c1-5-8-11-14-19-26-33-40(4)34-27-20-17-24-31-38-42(43)39-32-25-18-23-30-37-41(35-28-21-15-12-9-6-2)36-29-22-16-13-10-7-3/h40-41H,5-39H2,1-4H3. The number of carbonyl (C=O) groups excluding carboxylic acids is 1. The number of ketones is 1. The van der Waals surface area contributed by atoms with Crippen molar-refractivity contribution < 1.29 is 4.79 Å². The van der Waals surface area contributed by atoms with Crippen LogP contribution in [0.15, 0.2) is 0 Å². The summed E-state index contributed by atoms with van der Waals surface area (Å²) >= 11 is 0. The van der Waals surface area contributed by atoms with Gasteiger partial charge in [0.05, 0.1) is 0 Å². The van der Waals surface area contributed by atoms with Gasteiger partial charge in [0.15, 0.2) is 0 Å². The molecule has 1 heteroatoms. The molecule has 0 aliphatic carbocycles. The van der Waals surface area contributed by atoms with Crippen molar-refractivity contribution in [3.05, 3.63) is 0 Å². The van der Waals surface area contributed by atoms with E-state index in [1.54, 1.807) is 0 Å². The fourth-order valence-electron chi connectivity index (χ4n) is 7.03. The third-order valence-corrected chi connectivity index (χ3v) is 10.2. The minimum Gasteiger partial charge on any atom is -0.300 e. The summed E-state index contributed by atoms with van der Waals surface area (Å²) in [6.07, 6.45) is 47.7. The first-order valence-electron chi connectivity index (χ1n) is 20.7. The van der Waals surface area contributed by atoms with Crippen LogP contribution in [-0.2, 0) is 4.79 Å². The second-order valence-electron chi connectivity index (χ2n) is 14.8. The topological polar surface area (TPSA) is 17.1 Å². The van der Waals surface area contributed by atoms with E-state index in [1.165, 1.54) is 199 Å². The van der Waals surface area contributed by atoms with Gasteiger partial charge in [-0.25, -0.2) is 0 Å². The average Bonchev–Trinajstić information content (AvgIpc) is 3.00. The third kappa shape index (κ3) is 34.4. The monoisotopic (exact) mass is 605 g/mol. The van der Waals surface area contributed by atoms with Gasteiger partial charge in [-0.1, -0.05) is 227 Å². The van der Waals surface area contributed by atoms with Crippen molar-refractivity contribution in [1.82, 2.24) is 0 Å². The number of hydrogen-bond acceptors (Lipinski definition) is 1. The van der Waals surface area contributed by atoms with Crippen LogP contribution in [-0.4, -0.2) is 5.78 Å². The molecular weight excluding hydrogens is 520 g/mol. The van der Waals surface area contributed by atoms with Crippen LogP contribution >= 0.6 is 0 Å². The molecule has 1 unspecified atom stereocenters. The van der Waals surface area contributed by atoms with Gasteiger partial charge < -0.3 is 0 Å². The molecule has 1 nitrogen and oxygen atoms in total. The van der Waals surface area contributed by atoms with Gasteiger partial charge in [-0.3, -0.25) is 4.79 Å². The molecule has 0 saturated carbocycles. The highest BCUT2D eigenvalue weighted by Crippen LogP contribution is 2.25. The van der Waals surface area contributed by atoms with E-state index in [9.17, 15) is 4.79 Å². The molecule has 43 heavy (non-hydrogen) atoms. The highest BCUT2D eigenvalue weighted by molar-refractivity contribution is 5.78. The van der Waals surface area contributed by atoms with Crippen molar-refractivity contribution in [3.63, 3.8) is 0 Å². The molecule has 0 aromatic rings. The second kappa shape index (κ2) is 36.1. The summed E-state index contributed by atoms with van der Waals surface area (Å²) in [5.41, 5.74) is 0. The zero-order valence-electron chi connectivity index (χ0n) is 30.8. The first kappa shape index (κ1) is 42.7. The van der Waals surface area contributed by atoms with Gasteiger partial charge in [0.2, 0.25) is 0 Å². The predicted molar refractivity (Wildman–Crippen MR) is 196 cm³/mol. The number of hydrogen-bond donors (Lipinski definition) is 0. The van der Waals surface area contributed by atoms with Crippen molar-refractivity contribution in [1.29, 1.82) is 0 Å². The van der Waals surface area contributed by atoms with E-state index < -0.39 is 0 Å². The quantitative estimate of drug-likeness (QED) is 0.0645. The molecule has 0 N–H and O–H groups in total. The smallest absolute Gasteiger partial charge is 0.132 e. The Labute approximate surface area is 274 Å². The number of rotatable bonds is 37. The van der Waals surface area contributed by atoms with Crippen LogP contribution in [0.4, 0.5) is 0 Å². The molecule has 0 fully saturated rings. The van der Waals surface area contributed by atoms with E-state index in [4.69, 9.17) is 0 Å². The molecule has 0 aliphatic rings. The first-order chi connectivity index (χ1) is 21.1. The maximum atomic E-state index is 12.3. The maximum absolute atomic E-state index is 12.3. The molecule has 1 atom stereocenters. The lowest BCUT2D eigenvalue weighted by molar-refractivity contribution is -0.119. The van der Waals surface area contributed by atoms with Gasteiger partial charge in [0, 0.05) is 12.8 Å². The van der Waals surface area contributed by atoms with Crippen LogP contribution in [0.5, 0.6) is 0 Å². The van der Waals surface area contributed by atoms with Crippen molar-refractivity contribution in [2.45, 2.75) is 252 Å². The third-order valence-electron chi connectivity index (χ3n) is 10.2. The zero-order chi connectivity index (χ0) is 31.5. The summed E-state index contributed by atoms with van der Waals surface area (Å²) in [5, 5.41) is 0. The minimum absolute atomic E-state index is 0.533. The van der Waals surface area contributed by atoms with Crippen LogP contribution in [0.25, 0.3) is 0 Å². The minimum atomic E-state index is 0.533. The molecule has 0 amide bonds. The van der Waals surface area contributed by atoms with Crippen LogP contribution < -0.4 is 0 Å². The van der Waals surface area contributed by atoms with E-state index in [0.29, 0.717) is 5.78 Å². The number of carbonyl (C=O) groups is 1. The Morgan fingerprint density at radius 3 is 0.930 bits per heavy atom. The van der Waals surface area contributed by atoms with Gasteiger partial charge in [0.1, 0.15) is 5.78 Å². The summed E-state index contributed by atoms with van der Waals surface area (Å²) in [5.74, 6) is 2.42. The van der Waals surface area contributed by atoms with Crippen LogP contribution in [0.3, 0.4) is 0 Å².